The van der Waals surface area contributed by atoms with Crippen LogP contribution in [0.5, 0.6) is 0 Å². The van der Waals surface area contributed by atoms with E-state index in [1.165, 1.54) is 44.9 Å². The Morgan fingerprint density at radius 3 is 2.52 bits per heavy atom. The number of halogens is 1. The maximum Gasteiger partial charge on any atom is 0.148 e. The molecule has 2 nitrogen and oxygen atoms in total. The van der Waals surface area contributed by atoms with Crippen molar-refractivity contribution < 1.29 is 4.42 Å². The topological polar surface area (TPSA) is 39.2 Å². The smallest absolute Gasteiger partial charge is 0.148 e. The van der Waals surface area contributed by atoms with Crippen molar-refractivity contribution in [1.29, 1.82) is 0 Å². The number of hydrogen-bond acceptors (Lipinski definition) is 2. The van der Waals surface area contributed by atoms with Gasteiger partial charge < -0.3 is 10.2 Å². The fraction of sp³-hybridized carbons (Fsp3) is 0.556. The van der Waals surface area contributed by atoms with Crippen LogP contribution in [0.4, 0.5) is 0 Å². The molecule has 21 heavy (non-hydrogen) atoms. The number of furan rings is 1. The summed E-state index contributed by atoms with van der Waals surface area (Å²) in [6.07, 6.45) is 10.2. The van der Waals surface area contributed by atoms with Crippen molar-refractivity contribution in [3.8, 4) is 0 Å². The van der Waals surface area contributed by atoms with Gasteiger partial charge in [0, 0.05) is 5.39 Å². The van der Waals surface area contributed by atoms with Gasteiger partial charge >= 0.3 is 0 Å². The molecule has 1 aromatic heterocycles. The largest absolute Gasteiger partial charge is 0.458 e. The molecule has 1 heterocycles. The van der Waals surface area contributed by atoms with E-state index in [0.29, 0.717) is 0 Å². The molecule has 0 saturated heterocycles. The second-order valence-corrected chi connectivity index (χ2v) is 6.68. The third-order valence-electron chi connectivity index (χ3n) is 4.00. The molecule has 0 spiro atoms. The number of unbranched alkanes of at least 4 members (excludes halogenated alkanes) is 6. The highest BCUT2D eigenvalue weighted by atomic mass is 79.9. The monoisotopic (exact) mass is 351 g/mol. The lowest BCUT2D eigenvalue weighted by Crippen LogP contribution is -2.08. The Balaban J connectivity index is 1.77. The van der Waals surface area contributed by atoms with Crippen molar-refractivity contribution in [3.05, 3.63) is 34.5 Å². The fourth-order valence-electron chi connectivity index (χ4n) is 2.69. The number of nitrogens with two attached hydrogens (primary N) is 1. The van der Waals surface area contributed by atoms with Crippen LogP contribution in [0.15, 0.2) is 33.2 Å². The number of para-hydroxylation sites is 1. The number of hydrogen-bond donors (Lipinski definition) is 1. The Morgan fingerprint density at radius 1 is 1.10 bits per heavy atom. The highest BCUT2D eigenvalue weighted by Crippen LogP contribution is 2.30. The Hall–Kier alpha value is -0.800. The van der Waals surface area contributed by atoms with E-state index < -0.39 is 0 Å². The zero-order chi connectivity index (χ0) is 15.1. The third-order valence-corrected chi connectivity index (χ3v) is 4.62. The zero-order valence-corrected chi connectivity index (χ0v) is 14.5. The molecule has 3 heteroatoms. The molecule has 0 aliphatic rings. The average molecular weight is 352 g/mol. The van der Waals surface area contributed by atoms with Crippen molar-refractivity contribution in [2.24, 2.45) is 5.73 Å². The van der Waals surface area contributed by atoms with Crippen LogP contribution in [0.2, 0.25) is 0 Å². The van der Waals surface area contributed by atoms with Gasteiger partial charge in [0.25, 0.3) is 0 Å². The molecule has 0 aliphatic heterocycles. The highest BCUT2D eigenvalue weighted by Gasteiger charge is 2.13. The van der Waals surface area contributed by atoms with Crippen LogP contribution in [-0.2, 0) is 0 Å². The first-order valence-electron chi connectivity index (χ1n) is 8.16. The van der Waals surface area contributed by atoms with E-state index in [4.69, 9.17) is 10.2 Å². The predicted octanol–water partition coefficient (Wildman–Crippen LogP) is 6.34. The highest BCUT2D eigenvalue weighted by molar-refractivity contribution is 9.10. The third kappa shape index (κ3) is 4.86. The first-order valence-corrected chi connectivity index (χ1v) is 8.95. The molecule has 2 aromatic rings. The van der Waals surface area contributed by atoms with Crippen molar-refractivity contribution in [2.75, 3.05) is 0 Å². The Morgan fingerprint density at radius 2 is 1.81 bits per heavy atom. The molecule has 1 atom stereocenters. The van der Waals surface area contributed by atoms with Gasteiger partial charge in [-0.2, -0.15) is 0 Å². The lowest BCUT2D eigenvalue weighted by atomic mass is 10.0. The molecule has 0 fully saturated rings. The van der Waals surface area contributed by atoms with Gasteiger partial charge in [-0.15, -0.1) is 0 Å². The van der Waals surface area contributed by atoms with Crippen LogP contribution in [0.3, 0.4) is 0 Å². The van der Waals surface area contributed by atoms with Crippen LogP contribution in [0.1, 0.15) is 70.1 Å². The van der Waals surface area contributed by atoms with Gasteiger partial charge in [-0.05, 0) is 34.5 Å². The SMILES string of the molecule is CCCCCCCCCC(N)c1cc2cccc(Br)c2o1. The van der Waals surface area contributed by atoms with E-state index >= 15 is 0 Å². The Labute approximate surface area is 136 Å². The minimum absolute atomic E-state index is 0.0138. The average Bonchev–Trinajstić information content (AvgIpc) is 2.92. The summed E-state index contributed by atoms with van der Waals surface area (Å²) >= 11 is 3.52. The molecule has 0 aliphatic carbocycles. The predicted molar refractivity (Wildman–Crippen MR) is 93.5 cm³/mol. The summed E-state index contributed by atoms with van der Waals surface area (Å²) in [6.45, 7) is 2.25. The Bertz CT molecular complexity index is 549. The van der Waals surface area contributed by atoms with Gasteiger partial charge in [0.05, 0.1) is 10.5 Å². The number of benzene rings is 1. The normalized spacial score (nSPS) is 12.9. The first-order chi connectivity index (χ1) is 10.2. The summed E-state index contributed by atoms with van der Waals surface area (Å²) in [6, 6.07) is 8.17. The fourth-order valence-corrected chi connectivity index (χ4v) is 3.16. The number of fused-ring (bicyclic) bond motifs is 1. The molecule has 1 unspecified atom stereocenters. The molecular formula is C18H26BrNO. The molecule has 0 radical (unpaired) electrons. The van der Waals surface area contributed by atoms with Crippen LogP contribution in [0.25, 0.3) is 11.0 Å². The first kappa shape index (κ1) is 16.6. The molecule has 0 bridgehead atoms. The molecule has 1 aromatic carbocycles. The summed E-state index contributed by atoms with van der Waals surface area (Å²) in [5.74, 6) is 0.905. The van der Waals surface area contributed by atoms with Crippen LogP contribution in [-0.4, -0.2) is 0 Å². The van der Waals surface area contributed by atoms with Gasteiger partial charge in [-0.3, -0.25) is 0 Å². The standard InChI is InChI=1S/C18H26BrNO/c1-2-3-4-5-6-7-8-12-16(20)17-13-14-10-9-11-15(19)18(14)21-17/h9-11,13,16H,2-8,12,20H2,1H3. The molecule has 2 N–H and O–H groups in total. The summed E-state index contributed by atoms with van der Waals surface area (Å²) in [5.41, 5.74) is 7.17. The van der Waals surface area contributed by atoms with Crippen molar-refractivity contribution >= 4 is 26.9 Å². The second-order valence-electron chi connectivity index (χ2n) is 5.82. The van der Waals surface area contributed by atoms with Crippen LogP contribution >= 0.6 is 15.9 Å². The van der Waals surface area contributed by atoms with Crippen molar-refractivity contribution in [1.82, 2.24) is 0 Å². The van der Waals surface area contributed by atoms with Gasteiger partial charge in [-0.25, -0.2) is 0 Å². The molecular weight excluding hydrogens is 326 g/mol. The minimum Gasteiger partial charge on any atom is -0.458 e. The summed E-state index contributed by atoms with van der Waals surface area (Å²) in [7, 11) is 0. The molecule has 0 saturated carbocycles. The Kier molecular flexibility index (Phi) is 6.78. The van der Waals surface area contributed by atoms with Gasteiger partial charge in [0.2, 0.25) is 0 Å². The lowest BCUT2D eigenvalue weighted by Gasteiger charge is -2.08. The van der Waals surface area contributed by atoms with Gasteiger partial charge in [0.1, 0.15) is 11.3 Å². The van der Waals surface area contributed by atoms with Gasteiger partial charge in [-0.1, -0.05) is 64.0 Å². The second kappa shape index (κ2) is 8.60. The van der Waals surface area contributed by atoms with Crippen LogP contribution < -0.4 is 5.73 Å². The molecule has 0 amide bonds. The summed E-state index contributed by atoms with van der Waals surface area (Å²) in [4.78, 5) is 0. The quantitative estimate of drug-likeness (QED) is 0.535. The maximum atomic E-state index is 6.26. The van der Waals surface area contributed by atoms with Crippen molar-refractivity contribution in [2.45, 2.75) is 64.3 Å². The summed E-state index contributed by atoms with van der Waals surface area (Å²) < 4.78 is 6.89. The minimum atomic E-state index is 0.0138. The zero-order valence-electron chi connectivity index (χ0n) is 12.9. The number of rotatable bonds is 9. The van der Waals surface area contributed by atoms with Crippen molar-refractivity contribution in [3.63, 3.8) is 0 Å². The maximum absolute atomic E-state index is 6.26. The van der Waals surface area contributed by atoms with E-state index in [2.05, 4.69) is 35.0 Å². The van der Waals surface area contributed by atoms with Gasteiger partial charge in [0.15, 0.2) is 0 Å². The lowest BCUT2D eigenvalue weighted by molar-refractivity contribution is 0.457. The van der Waals surface area contributed by atoms with E-state index in [1.54, 1.807) is 0 Å². The van der Waals surface area contributed by atoms with E-state index in [-0.39, 0.29) is 6.04 Å². The van der Waals surface area contributed by atoms with E-state index in [1.807, 2.05) is 12.1 Å². The van der Waals surface area contributed by atoms with E-state index in [9.17, 15) is 0 Å². The molecule has 2 rings (SSSR count). The summed E-state index contributed by atoms with van der Waals surface area (Å²) in [5, 5.41) is 1.12. The van der Waals surface area contributed by atoms with Crippen LogP contribution in [0, 0.1) is 0 Å². The van der Waals surface area contributed by atoms with E-state index in [0.717, 1.165) is 27.6 Å². The molecule has 116 valence electrons.